The predicted molar refractivity (Wildman–Crippen MR) is 78.1 cm³/mol. The van der Waals surface area contributed by atoms with E-state index in [1.54, 1.807) is 12.7 Å². The molecule has 0 aliphatic rings. The average Bonchev–Trinajstić information content (AvgIpc) is 2.90. The van der Waals surface area contributed by atoms with Crippen LogP contribution in [0.25, 0.3) is 0 Å². The topological polar surface area (TPSA) is 42.7 Å². The van der Waals surface area contributed by atoms with Gasteiger partial charge in [0.15, 0.2) is 0 Å². The summed E-state index contributed by atoms with van der Waals surface area (Å²) < 4.78 is 1.83. The first-order chi connectivity index (χ1) is 9.28. The van der Waals surface area contributed by atoms with Gasteiger partial charge in [0.25, 0.3) is 0 Å². The summed E-state index contributed by atoms with van der Waals surface area (Å²) >= 11 is 0. The zero-order chi connectivity index (χ0) is 13.5. The second-order valence-corrected chi connectivity index (χ2v) is 5.07. The second-order valence-electron chi connectivity index (χ2n) is 5.07. The molecule has 1 heterocycles. The molecule has 0 aliphatic carbocycles. The molecule has 1 N–H and O–H groups in total. The van der Waals surface area contributed by atoms with Crippen LogP contribution in [0.1, 0.15) is 32.3 Å². The van der Waals surface area contributed by atoms with E-state index in [0.29, 0.717) is 5.92 Å². The summed E-state index contributed by atoms with van der Waals surface area (Å²) in [6.07, 6.45) is 5.82. The van der Waals surface area contributed by atoms with Crippen molar-refractivity contribution in [3.63, 3.8) is 0 Å². The van der Waals surface area contributed by atoms with Gasteiger partial charge >= 0.3 is 0 Å². The van der Waals surface area contributed by atoms with Crippen LogP contribution >= 0.6 is 0 Å². The van der Waals surface area contributed by atoms with Crippen LogP contribution in [0.3, 0.4) is 0 Å². The summed E-state index contributed by atoms with van der Waals surface area (Å²) in [6.45, 7) is 6.31. The van der Waals surface area contributed by atoms with E-state index in [4.69, 9.17) is 0 Å². The Balaban J connectivity index is 1.91. The minimum atomic E-state index is 0.712. The molecule has 1 aromatic carbocycles. The highest BCUT2D eigenvalue weighted by Crippen LogP contribution is 2.13. The highest BCUT2D eigenvalue weighted by atomic mass is 15.3. The van der Waals surface area contributed by atoms with E-state index in [1.807, 2.05) is 4.68 Å². The first-order valence-electron chi connectivity index (χ1n) is 6.93. The molecule has 1 unspecified atom stereocenters. The maximum absolute atomic E-state index is 4.12. The quantitative estimate of drug-likeness (QED) is 0.829. The molecule has 19 heavy (non-hydrogen) atoms. The number of benzene rings is 1. The Morgan fingerprint density at radius 3 is 3.00 bits per heavy atom. The molecule has 0 saturated carbocycles. The number of rotatable bonds is 7. The van der Waals surface area contributed by atoms with E-state index in [1.165, 1.54) is 24.1 Å². The molecule has 0 saturated heterocycles. The zero-order valence-electron chi connectivity index (χ0n) is 11.7. The Kier molecular flexibility index (Phi) is 4.95. The lowest BCUT2D eigenvalue weighted by Gasteiger charge is -2.13. The molecule has 102 valence electrons. The van der Waals surface area contributed by atoms with Crippen LogP contribution < -0.4 is 5.32 Å². The largest absolute Gasteiger partial charge is 0.385 e. The van der Waals surface area contributed by atoms with Gasteiger partial charge in [0.1, 0.15) is 12.7 Å². The second kappa shape index (κ2) is 6.92. The van der Waals surface area contributed by atoms with Gasteiger partial charge in [-0.05, 0) is 30.0 Å². The normalized spacial score (nSPS) is 12.3. The van der Waals surface area contributed by atoms with Gasteiger partial charge in [-0.2, -0.15) is 5.10 Å². The van der Waals surface area contributed by atoms with E-state index in [0.717, 1.165) is 13.1 Å². The highest BCUT2D eigenvalue weighted by molar-refractivity contribution is 5.45. The molecular weight excluding hydrogens is 236 g/mol. The third-order valence-corrected chi connectivity index (χ3v) is 3.17. The molecule has 0 amide bonds. The van der Waals surface area contributed by atoms with Crippen molar-refractivity contribution in [2.45, 2.75) is 33.2 Å². The summed E-state index contributed by atoms with van der Waals surface area (Å²) in [4.78, 5) is 3.96. The number of nitrogens with one attached hydrogen (secondary N) is 1. The van der Waals surface area contributed by atoms with Crippen molar-refractivity contribution in [3.05, 3.63) is 42.5 Å². The van der Waals surface area contributed by atoms with Gasteiger partial charge in [0.05, 0.1) is 6.54 Å². The summed E-state index contributed by atoms with van der Waals surface area (Å²) in [5, 5.41) is 7.63. The maximum atomic E-state index is 4.12. The van der Waals surface area contributed by atoms with E-state index in [9.17, 15) is 0 Å². The van der Waals surface area contributed by atoms with Crippen LogP contribution in [-0.4, -0.2) is 21.3 Å². The fraction of sp³-hybridized carbons (Fsp3) is 0.467. The van der Waals surface area contributed by atoms with E-state index >= 15 is 0 Å². The predicted octanol–water partition coefficient (Wildman–Crippen LogP) is 3.17. The third-order valence-electron chi connectivity index (χ3n) is 3.17. The summed E-state index contributed by atoms with van der Waals surface area (Å²) in [6, 6.07) is 8.49. The molecule has 0 fully saturated rings. The van der Waals surface area contributed by atoms with Gasteiger partial charge < -0.3 is 5.32 Å². The van der Waals surface area contributed by atoms with Crippen LogP contribution in [0, 0.1) is 5.92 Å². The fourth-order valence-corrected chi connectivity index (χ4v) is 2.17. The molecule has 1 atom stereocenters. The van der Waals surface area contributed by atoms with Crippen LogP contribution in [0.5, 0.6) is 0 Å². The Hall–Kier alpha value is -1.84. The van der Waals surface area contributed by atoms with Crippen molar-refractivity contribution >= 4 is 5.69 Å². The minimum absolute atomic E-state index is 0.712. The lowest BCUT2D eigenvalue weighted by atomic mass is 10.1. The van der Waals surface area contributed by atoms with Crippen molar-refractivity contribution < 1.29 is 0 Å². The van der Waals surface area contributed by atoms with Crippen molar-refractivity contribution in [2.24, 2.45) is 5.92 Å². The third kappa shape index (κ3) is 4.39. The molecule has 2 rings (SSSR count). The first kappa shape index (κ1) is 13.6. The maximum Gasteiger partial charge on any atom is 0.137 e. The molecular formula is C15H22N4. The van der Waals surface area contributed by atoms with Crippen molar-refractivity contribution in [3.8, 4) is 0 Å². The molecule has 0 radical (unpaired) electrons. The van der Waals surface area contributed by atoms with E-state index in [2.05, 4.69) is 53.5 Å². The summed E-state index contributed by atoms with van der Waals surface area (Å²) in [5.41, 5.74) is 2.42. The Morgan fingerprint density at radius 2 is 2.26 bits per heavy atom. The van der Waals surface area contributed by atoms with Crippen LogP contribution in [0.15, 0.2) is 36.9 Å². The highest BCUT2D eigenvalue weighted by Gasteiger charge is 2.01. The molecule has 2 aromatic rings. The molecule has 1 aromatic heterocycles. The number of aromatic nitrogens is 3. The minimum Gasteiger partial charge on any atom is -0.385 e. The van der Waals surface area contributed by atoms with Gasteiger partial charge in [-0.1, -0.05) is 32.4 Å². The molecule has 4 heteroatoms. The van der Waals surface area contributed by atoms with Crippen molar-refractivity contribution in [1.29, 1.82) is 0 Å². The van der Waals surface area contributed by atoms with Crippen LogP contribution in [0.2, 0.25) is 0 Å². The summed E-state index contributed by atoms with van der Waals surface area (Å²) in [5.74, 6) is 0.712. The molecule has 4 nitrogen and oxygen atoms in total. The first-order valence-corrected chi connectivity index (χ1v) is 6.93. The fourth-order valence-electron chi connectivity index (χ4n) is 2.17. The van der Waals surface area contributed by atoms with Gasteiger partial charge in [-0.15, -0.1) is 0 Å². The molecule has 0 spiro atoms. The lowest BCUT2D eigenvalue weighted by molar-refractivity contribution is 0.550. The van der Waals surface area contributed by atoms with Crippen molar-refractivity contribution in [2.75, 3.05) is 11.9 Å². The number of hydrogen-bond acceptors (Lipinski definition) is 3. The van der Waals surface area contributed by atoms with Crippen LogP contribution in [0.4, 0.5) is 5.69 Å². The summed E-state index contributed by atoms with van der Waals surface area (Å²) in [7, 11) is 0. The van der Waals surface area contributed by atoms with E-state index < -0.39 is 0 Å². The SMILES string of the molecule is CCCC(C)CNc1cccc(Cn2cncn2)c1. The number of hydrogen-bond donors (Lipinski definition) is 1. The molecule has 0 bridgehead atoms. The zero-order valence-corrected chi connectivity index (χ0v) is 11.7. The lowest BCUT2D eigenvalue weighted by Crippen LogP contribution is -2.11. The smallest absolute Gasteiger partial charge is 0.137 e. The van der Waals surface area contributed by atoms with E-state index in [-0.39, 0.29) is 0 Å². The monoisotopic (exact) mass is 258 g/mol. The van der Waals surface area contributed by atoms with Gasteiger partial charge in [0.2, 0.25) is 0 Å². The van der Waals surface area contributed by atoms with Gasteiger partial charge in [-0.25, -0.2) is 9.67 Å². The number of anilines is 1. The molecule has 0 aliphatic heterocycles. The number of nitrogens with zero attached hydrogens (tertiary/aromatic N) is 3. The Labute approximate surface area is 114 Å². The van der Waals surface area contributed by atoms with Crippen molar-refractivity contribution in [1.82, 2.24) is 14.8 Å². The average molecular weight is 258 g/mol. The Morgan fingerprint density at radius 1 is 1.37 bits per heavy atom. The Bertz CT molecular complexity index is 479. The van der Waals surface area contributed by atoms with Crippen LogP contribution in [-0.2, 0) is 6.54 Å². The standard InChI is InChI=1S/C15H22N4/c1-3-5-13(2)9-17-15-7-4-6-14(8-15)10-19-12-16-11-18-19/h4,6-8,11-13,17H,3,5,9-10H2,1-2H3. The van der Waals surface area contributed by atoms with Gasteiger partial charge in [0, 0.05) is 12.2 Å². The van der Waals surface area contributed by atoms with Gasteiger partial charge in [-0.3, -0.25) is 0 Å².